The minimum Gasteiger partial charge on any atom is -0.478 e. The maximum atomic E-state index is 11.5. The molecule has 112 valence electrons. The van der Waals surface area contributed by atoms with Crippen LogP contribution < -0.4 is 5.32 Å². The number of anilines is 1. The van der Waals surface area contributed by atoms with Gasteiger partial charge < -0.3 is 10.4 Å². The summed E-state index contributed by atoms with van der Waals surface area (Å²) in [5.74, 6) is -0.443. The van der Waals surface area contributed by atoms with Crippen LogP contribution in [0.4, 0.5) is 5.82 Å². The second kappa shape index (κ2) is 6.09. The fourth-order valence-corrected chi connectivity index (χ4v) is 2.67. The lowest BCUT2D eigenvalue weighted by Crippen LogP contribution is -2.18. The Morgan fingerprint density at radius 3 is 2.57 bits per heavy atom. The third-order valence-electron chi connectivity index (χ3n) is 3.17. The average Bonchev–Trinajstić information content (AvgIpc) is 2.47. The lowest BCUT2D eigenvalue weighted by Gasteiger charge is -2.10. The number of pyridine rings is 1. The van der Waals surface area contributed by atoms with Crippen LogP contribution in [-0.2, 0) is 9.84 Å². The maximum Gasteiger partial charge on any atom is 0.337 e. The first-order valence-electron chi connectivity index (χ1n) is 6.50. The second-order valence-electron chi connectivity index (χ2n) is 4.53. The Labute approximate surface area is 122 Å². The molecule has 0 saturated heterocycles. The van der Waals surface area contributed by atoms with E-state index in [9.17, 15) is 13.2 Å². The van der Waals surface area contributed by atoms with Crippen LogP contribution in [0.2, 0.25) is 0 Å². The summed E-state index contributed by atoms with van der Waals surface area (Å²) < 4.78 is 22.9. The zero-order chi connectivity index (χ0) is 15.5. The fourth-order valence-electron chi connectivity index (χ4n) is 1.97. The van der Waals surface area contributed by atoms with Crippen LogP contribution in [0.1, 0.15) is 17.3 Å². The van der Waals surface area contributed by atoms with Crippen LogP contribution in [0.15, 0.2) is 30.5 Å². The number of benzene rings is 1. The molecule has 0 radical (unpaired) electrons. The highest BCUT2D eigenvalue weighted by Gasteiger charge is 2.13. The average molecular weight is 308 g/mol. The molecule has 1 aromatic heterocycles. The maximum absolute atomic E-state index is 11.5. The van der Waals surface area contributed by atoms with Crippen molar-refractivity contribution in [2.24, 2.45) is 0 Å². The Hall–Kier alpha value is -2.15. The van der Waals surface area contributed by atoms with Gasteiger partial charge in [0.25, 0.3) is 0 Å². The summed E-state index contributed by atoms with van der Waals surface area (Å²) in [6, 6.07) is 6.99. The molecule has 0 saturated carbocycles. The van der Waals surface area contributed by atoms with Gasteiger partial charge >= 0.3 is 5.97 Å². The molecule has 0 spiro atoms. The number of rotatable bonds is 6. The molecule has 0 aliphatic rings. The van der Waals surface area contributed by atoms with E-state index in [1.165, 1.54) is 6.20 Å². The van der Waals surface area contributed by atoms with Gasteiger partial charge in [0.05, 0.1) is 11.3 Å². The van der Waals surface area contributed by atoms with E-state index < -0.39 is 15.8 Å². The number of hydrogen-bond donors (Lipinski definition) is 2. The second-order valence-corrected chi connectivity index (χ2v) is 7.01. The smallest absolute Gasteiger partial charge is 0.337 e. The molecule has 1 aromatic carbocycles. The van der Waals surface area contributed by atoms with Gasteiger partial charge in [0.15, 0.2) is 9.84 Å². The third kappa shape index (κ3) is 3.49. The molecular weight excluding hydrogens is 292 g/mol. The molecule has 0 unspecified atom stereocenters. The monoisotopic (exact) mass is 308 g/mol. The molecule has 0 bridgehead atoms. The van der Waals surface area contributed by atoms with Crippen molar-refractivity contribution >= 4 is 32.4 Å². The number of carboxylic acids is 1. The highest BCUT2D eigenvalue weighted by molar-refractivity contribution is 7.91. The van der Waals surface area contributed by atoms with Crippen molar-refractivity contribution < 1.29 is 18.3 Å². The Kier molecular flexibility index (Phi) is 4.42. The van der Waals surface area contributed by atoms with E-state index in [1.807, 2.05) is 0 Å². The number of sulfone groups is 1. The van der Waals surface area contributed by atoms with Crippen LogP contribution in [0.3, 0.4) is 0 Å². The molecule has 0 amide bonds. The van der Waals surface area contributed by atoms with Gasteiger partial charge in [-0.2, -0.15) is 0 Å². The topological polar surface area (TPSA) is 96.4 Å². The first-order valence-corrected chi connectivity index (χ1v) is 8.32. The number of hydrogen-bond acceptors (Lipinski definition) is 5. The van der Waals surface area contributed by atoms with Gasteiger partial charge in [-0.15, -0.1) is 0 Å². The van der Waals surface area contributed by atoms with Crippen molar-refractivity contribution in [3.8, 4) is 0 Å². The number of aromatic carboxylic acids is 1. The molecule has 2 rings (SSSR count). The summed E-state index contributed by atoms with van der Waals surface area (Å²) in [5, 5.41) is 13.3. The van der Waals surface area contributed by atoms with Gasteiger partial charge in [-0.3, -0.25) is 0 Å². The molecule has 0 fully saturated rings. The number of fused-ring (bicyclic) bond motifs is 1. The highest BCUT2D eigenvalue weighted by Crippen LogP contribution is 2.24. The lowest BCUT2D eigenvalue weighted by molar-refractivity contribution is 0.0698. The lowest BCUT2D eigenvalue weighted by atomic mass is 10.1. The molecule has 0 atom stereocenters. The molecule has 1 heterocycles. The van der Waals surface area contributed by atoms with E-state index in [0.29, 0.717) is 16.6 Å². The van der Waals surface area contributed by atoms with Crippen molar-refractivity contribution in [1.82, 2.24) is 4.98 Å². The zero-order valence-electron chi connectivity index (χ0n) is 11.5. The van der Waals surface area contributed by atoms with Crippen molar-refractivity contribution in [3.05, 3.63) is 36.0 Å². The summed E-state index contributed by atoms with van der Waals surface area (Å²) >= 11 is 0. The standard InChI is InChI=1S/C14H16N2O4S/c1-2-21(19,20)8-7-15-13-11-6-4-3-5-10(11)12(9-16-13)14(17)18/h3-6,9H,2,7-8H2,1H3,(H,15,16)(H,17,18). The van der Waals surface area contributed by atoms with Crippen molar-refractivity contribution in [1.29, 1.82) is 0 Å². The Morgan fingerprint density at radius 1 is 1.29 bits per heavy atom. The predicted octanol–water partition coefficient (Wildman–Crippen LogP) is 1.78. The van der Waals surface area contributed by atoms with E-state index in [2.05, 4.69) is 10.3 Å². The molecule has 0 aliphatic carbocycles. The van der Waals surface area contributed by atoms with E-state index in [1.54, 1.807) is 31.2 Å². The van der Waals surface area contributed by atoms with E-state index in [4.69, 9.17) is 5.11 Å². The van der Waals surface area contributed by atoms with Crippen molar-refractivity contribution in [2.45, 2.75) is 6.92 Å². The molecule has 6 nitrogen and oxygen atoms in total. The number of nitrogens with zero attached hydrogens (tertiary/aromatic N) is 1. The van der Waals surface area contributed by atoms with Crippen molar-refractivity contribution in [3.63, 3.8) is 0 Å². The zero-order valence-corrected chi connectivity index (χ0v) is 12.4. The minimum atomic E-state index is -3.05. The highest BCUT2D eigenvalue weighted by atomic mass is 32.2. The van der Waals surface area contributed by atoms with Gasteiger partial charge in [-0.25, -0.2) is 18.2 Å². The summed E-state index contributed by atoms with van der Waals surface area (Å²) in [6.45, 7) is 1.84. The summed E-state index contributed by atoms with van der Waals surface area (Å²) in [5.41, 5.74) is 0.123. The number of nitrogens with one attached hydrogen (secondary N) is 1. The fraction of sp³-hybridized carbons (Fsp3) is 0.286. The molecule has 7 heteroatoms. The SMILES string of the molecule is CCS(=O)(=O)CCNc1ncc(C(=O)O)c2ccccc12. The van der Waals surface area contributed by atoms with Crippen LogP contribution in [0.25, 0.3) is 10.8 Å². The van der Waals surface area contributed by atoms with Crippen LogP contribution in [-0.4, -0.2) is 42.5 Å². The molecule has 0 aliphatic heterocycles. The van der Waals surface area contributed by atoms with E-state index in [-0.39, 0.29) is 23.6 Å². The molecular formula is C14H16N2O4S. The van der Waals surface area contributed by atoms with Gasteiger partial charge in [0.1, 0.15) is 5.82 Å². The summed E-state index contributed by atoms with van der Waals surface area (Å²) in [4.78, 5) is 15.3. The number of carbonyl (C=O) groups is 1. The molecule has 21 heavy (non-hydrogen) atoms. The minimum absolute atomic E-state index is 0.0141. The first kappa shape index (κ1) is 15.2. The summed E-state index contributed by atoms with van der Waals surface area (Å²) in [7, 11) is -3.05. The quantitative estimate of drug-likeness (QED) is 0.844. The van der Waals surface area contributed by atoms with Gasteiger partial charge in [0, 0.05) is 29.3 Å². The normalized spacial score (nSPS) is 11.5. The largest absolute Gasteiger partial charge is 0.478 e. The number of carboxylic acid groups (broad SMARTS) is 1. The van der Waals surface area contributed by atoms with Gasteiger partial charge in [-0.1, -0.05) is 31.2 Å². The Bertz CT molecular complexity index is 772. The third-order valence-corrected chi connectivity index (χ3v) is 4.88. The molecule has 2 N–H and O–H groups in total. The molecule has 2 aromatic rings. The summed E-state index contributed by atoms with van der Waals surface area (Å²) in [6.07, 6.45) is 1.28. The first-order chi connectivity index (χ1) is 9.94. The van der Waals surface area contributed by atoms with Crippen LogP contribution in [0.5, 0.6) is 0 Å². The number of aromatic nitrogens is 1. The van der Waals surface area contributed by atoms with Crippen LogP contribution in [0, 0.1) is 0 Å². The Balaban J connectivity index is 2.30. The van der Waals surface area contributed by atoms with Gasteiger partial charge in [-0.05, 0) is 0 Å². The van der Waals surface area contributed by atoms with E-state index in [0.717, 1.165) is 0 Å². The van der Waals surface area contributed by atoms with Crippen LogP contribution >= 0.6 is 0 Å². The van der Waals surface area contributed by atoms with E-state index >= 15 is 0 Å². The van der Waals surface area contributed by atoms with Crippen molar-refractivity contribution in [2.75, 3.05) is 23.4 Å². The van der Waals surface area contributed by atoms with Gasteiger partial charge in [0.2, 0.25) is 0 Å². The predicted molar refractivity (Wildman–Crippen MR) is 81.5 cm³/mol. The Morgan fingerprint density at radius 2 is 1.95 bits per heavy atom.